The molecule has 0 unspecified atom stereocenters. The van der Waals surface area contributed by atoms with Crippen molar-refractivity contribution in [2.75, 3.05) is 19.6 Å². The van der Waals surface area contributed by atoms with Crippen LogP contribution >= 0.6 is 0 Å². The largest absolute Gasteiger partial charge is 0.356 e. The van der Waals surface area contributed by atoms with Crippen LogP contribution in [0, 0.1) is 5.92 Å². The van der Waals surface area contributed by atoms with E-state index < -0.39 is 0 Å². The van der Waals surface area contributed by atoms with Gasteiger partial charge in [-0.25, -0.2) is 0 Å². The lowest BCUT2D eigenvalue weighted by Gasteiger charge is -2.26. The summed E-state index contributed by atoms with van der Waals surface area (Å²) in [5.74, 6) is 0.827. The van der Waals surface area contributed by atoms with E-state index in [1.807, 2.05) is 0 Å². The van der Waals surface area contributed by atoms with Gasteiger partial charge >= 0.3 is 0 Å². The summed E-state index contributed by atoms with van der Waals surface area (Å²) in [4.78, 5) is 11.5. The number of nitrogens with one attached hydrogen (secondary N) is 2. The van der Waals surface area contributed by atoms with Crippen LogP contribution in [-0.2, 0) is 4.79 Å². The van der Waals surface area contributed by atoms with Crippen molar-refractivity contribution in [3.05, 3.63) is 0 Å². The van der Waals surface area contributed by atoms with Crippen molar-refractivity contribution in [2.24, 2.45) is 5.92 Å². The van der Waals surface area contributed by atoms with Crippen LogP contribution in [-0.4, -0.2) is 25.5 Å². The van der Waals surface area contributed by atoms with Crippen molar-refractivity contribution in [2.45, 2.75) is 64.7 Å². The maximum atomic E-state index is 11.5. The highest BCUT2D eigenvalue weighted by atomic mass is 16.1. The molecule has 1 heterocycles. The molecule has 106 valence electrons. The number of amides is 1. The number of unbranched alkanes of at least 4 members (excludes halogenated alkanes) is 7. The van der Waals surface area contributed by atoms with Gasteiger partial charge in [0.2, 0.25) is 5.91 Å². The smallest absolute Gasteiger partial charge is 0.220 e. The van der Waals surface area contributed by atoms with Crippen LogP contribution in [0.5, 0.6) is 0 Å². The molecule has 3 heteroatoms. The lowest BCUT2D eigenvalue weighted by Crippen LogP contribution is -2.44. The molecule has 1 saturated heterocycles. The Balaban J connectivity index is 1.76. The number of hydrogen-bond donors (Lipinski definition) is 2. The second-order valence-corrected chi connectivity index (χ2v) is 5.55. The summed E-state index contributed by atoms with van der Waals surface area (Å²) in [5.41, 5.74) is 0. The molecule has 0 aromatic rings. The van der Waals surface area contributed by atoms with Gasteiger partial charge in [-0.15, -0.1) is 0 Å². The van der Waals surface area contributed by atoms with Gasteiger partial charge in [-0.2, -0.15) is 0 Å². The SMILES string of the molecule is CCCCCCCCCCNC(=O)CC1CNC1. The van der Waals surface area contributed by atoms with Crippen LogP contribution in [0.2, 0.25) is 0 Å². The Morgan fingerprint density at radius 1 is 1.06 bits per heavy atom. The molecule has 0 aliphatic carbocycles. The van der Waals surface area contributed by atoms with Crippen molar-refractivity contribution >= 4 is 5.91 Å². The molecule has 18 heavy (non-hydrogen) atoms. The van der Waals surface area contributed by atoms with Crippen molar-refractivity contribution in [3.8, 4) is 0 Å². The fourth-order valence-corrected chi connectivity index (χ4v) is 2.31. The molecule has 1 amide bonds. The molecule has 1 aliphatic rings. The first-order chi connectivity index (χ1) is 8.83. The van der Waals surface area contributed by atoms with E-state index in [4.69, 9.17) is 0 Å². The zero-order valence-electron chi connectivity index (χ0n) is 12.0. The summed E-state index contributed by atoms with van der Waals surface area (Å²) >= 11 is 0. The lowest BCUT2D eigenvalue weighted by molar-refractivity contribution is -0.122. The van der Waals surface area contributed by atoms with Crippen molar-refractivity contribution < 1.29 is 4.79 Å². The van der Waals surface area contributed by atoms with E-state index in [0.29, 0.717) is 12.3 Å². The first-order valence-electron chi connectivity index (χ1n) is 7.80. The Morgan fingerprint density at radius 2 is 1.67 bits per heavy atom. The van der Waals surface area contributed by atoms with Crippen LogP contribution in [0.15, 0.2) is 0 Å². The molecule has 0 bridgehead atoms. The van der Waals surface area contributed by atoms with Crippen LogP contribution in [0.25, 0.3) is 0 Å². The molecule has 3 nitrogen and oxygen atoms in total. The Kier molecular flexibility index (Phi) is 8.92. The minimum atomic E-state index is 0.240. The number of carbonyl (C=O) groups is 1. The van der Waals surface area contributed by atoms with Crippen LogP contribution < -0.4 is 10.6 Å². The Hall–Kier alpha value is -0.570. The van der Waals surface area contributed by atoms with E-state index in [-0.39, 0.29) is 5.91 Å². The highest BCUT2D eigenvalue weighted by Crippen LogP contribution is 2.09. The van der Waals surface area contributed by atoms with Gasteiger partial charge in [0.05, 0.1) is 0 Å². The van der Waals surface area contributed by atoms with Crippen molar-refractivity contribution in [1.82, 2.24) is 10.6 Å². The Morgan fingerprint density at radius 3 is 2.22 bits per heavy atom. The van der Waals surface area contributed by atoms with Crippen LogP contribution in [0.1, 0.15) is 64.7 Å². The van der Waals surface area contributed by atoms with Gasteiger partial charge < -0.3 is 10.6 Å². The average molecular weight is 254 g/mol. The molecule has 0 atom stereocenters. The number of rotatable bonds is 11. The van der Waals surface area contributed by atoms with E-state index >= 15 is 0 Å². The molecule has 1 rings (SSSR count). The van der Waals surface area contributed by atoms with Gasteiger partial charge in [-0.1, -0.05) is 51.9 Å². The Bertz CT molecular complexity index is 215. The first kappa shape index (κ1) is 15.5. The molecule has 1 aliphatic heterocycles. The summed E-state index contributed by atoms with van der Waals surface area (Å²) in [6.45, 7) is 5.16. The van der Waals surface area contributed by atoms with Crippen molar-refractivity contribution in [1.29, 1.82) is 0 Å². The predicted octanol–water partition coefficient (Wildman–Crippen LogP) is 2.85. The third kappa shape index (κ3) is 7.70. The fraction of sp³-hybridized carbons (Fsp3) is 0.933. The normalized spacial score (nSPS) is 15.4. The number of hydrogen-bond acceptors (Lipinski definition) is 2. The summed E-state index contributed by atoms with van der Waals surface area (Å²) < 4.78 is 0. The quantitative estimate of drug-likeness (QED) is 0.557. The molecule has 0 radical (unpaired) electrons. The van der Waals surface area contributed by atoms with E-state index in [1.54, 1.807) is 0 Å². The number of carbonyl (C=O) groups excluding carboxylic acids is 1. The van der Waals surface area contributed by atoms with Gasteiger partial charge in [0.1, 0.15) is 0 Å². The van der Waals surface area contributed by atoms with E-state index in [9.17, 15) is 4.79 Å². The molecular formula is C15H30N2O. The van der Waals surface area contributed by atoms with Gasteiger partial charge in [-0.3, -0.25) is 4.79 Å². The van der Waals surface area contributed by atoms with Gasteiger partial charge in [0.15, 0.2) is 0 Å². The van der Waals surface area contributed by atoms with Crippen LogP contribution in [0.3, 0.4) is 0 Å². The summed E-state index contributed by atoms with van der Waals surface area (Å²) in [7, 11) is 0. The highest BCUT2D eigenvalue weighted by Gasteiger charge is 2.19. The van der Waals surface area contributed by atoms with E-state index in [0.717, 1.165) is 26.1 Å². The summed E-state index contributed by atoms with van der Waals surface area (Å²) in [6.07, 6.45) is 11.3. The molecule has 0 spiro atoms. The van der Waals surface area contributed by atoms with E-state index in [2.05, 4.69) is 17.6 Å². The zero-order chi connectivity index (χ0) is 13.1. The summed E-state index contributed by atoms with van der Waals surface area (Å²) in [6, 6.07) is 0. The maximum Gasteiger partial charge on any atom is 0.220 e. The topological polar surface area (TPSA) is 41.1 Å². The first-order valence-corrected chi connectivity index (χ1v) is 7.80. The summed E-state index contributed by atoms with van der Waals surface area (Å²) in [5, 5.41) is 6.22. The monoisotopic (exact) mass is 254 g/mol. The van der Waals surface area contributed by atoms with Gasteiger partial charge in [-0.05, 0) is 25.4 Å². The minimum Gasteiger partial charge on any atom is -0.356 e. The van der Waals surface area contributed by atoms with Gasteiger partial charge in [0.25, 0.3) is 0 Å². The third-order valence-electron chi connectivity index (χ3n) is 3.69. The Labute approximate surface area is 112 Å². The average Bonchev–Trinajstić information content (AvgIpc) is 2.32. The highest BCUT2D eigenvalue weighted by molar-refractivity contribution is 5.76. The second kappa shape index (κ2) is 10.4. The second-order valence-electron chi connectivity index (χ2n) is 5.55. The van der Waals surface area contributed by atoms with Crippen molar-refractivity contribution in [3.63, 3.8) is 0 Å². The molecule has 0 saturated carbocycles. The minimum absolute atomic E-state index is 0.240. The van der Waals surface area contributed by atoms with E-state index in [1.165, 1.54) is 44.9 Å². The molecule has 2 N–H and O–H groups in total. The standard InChI is InChI=1S/C15H30N2O/c1-2-3-4-5-6-7-8-9-10-17-15(18)11-14-12-16-13-14/h14,16H,2-13H2,1H3,(H,17,18). The lowest BCUT2D eigenvalue weighted by atomic mass is 9.99. The van der Waals surface area contributed by atoms with Gasteiger partial charge in [0, 0.05) is 13.0 Å². The predicted molar refractivity (Wildman–Crippen MR) is 76.6 cm³/mol. The molecule has 0 aromatic heterocycles. The zero-order valence-corrected chi connectivity index (χ0v) is 12.0. The van der Waals surface area contributed by atoms with Crippen LogP contribution in [0.4, 0.5) is 0 Å². The molecule has 0 aromatic carbocycles. The third-order valence-corrected chi connectivity index (χ3v) is 3.69. The maximum absolute atomic E-state index is 11.5. The fourth-order valence-electron chi connectivity index (χ4n) is 2.31. The molecular weight excluding hydrogens is 224 g/mol. The molecule has 1 fully saturated rings.